The van der Waals surface area contributed by atoms with E-state index in [-0.39, 0.29) is 30.7 Å². The minimum atomic E-state index is -1.07. The number of nitrogens with zero attached hydrogens (tertiary/aromatic N) is 1. The Balaban J connectivity index is 1.60. The fourth-order valence-corrected chi connectivity index (χ4v) is 3.63. The summed E-state index contributed by atoms with van der Waals surface area (Å²) in [5.74, 6) is -1.38. The fourth-order valence-electron chi connectivity index (χ4n) is 3.63. The molecule has 2 N–H and O–H groups in total. The maximum absolute atomic E-state index is 12.5. The first-order chi connectivity index (χ1) is 13.9. The number of rotatable bonds is 8. The number of carboxylic acids is 1. The molecule has 1 aliphatic heterocycles. The molecule has 0 radical (unpaired) electrons. The van der Waals surface area contributed by atoms with Crippen molar-refractivity contribution in [3.63, 3.8) is 0 Å². The van der Waals surface area contributed by atoms with Gasteiger partial charge in [0.05, 0.1) is 0 Å². The van der Waals surface area contributed by atoms with Gasteiger partial charge in [0.15, 0.2) is 0 Å². The topological polar surface area (TPSA) is 86.7 Å². The van der Waals surface area contributed by atoms with Crippen LogP contribution in [-0.2, 0) is 27.3 Å². The molecule has 6 nitrogen and oxygen atoms in total. The number of carbonyl (C=O) groups excluding carboxylic acids is 2. The smallest absolute Gasteiger partial charge is 0.326 e. The van der Waals surface area contributed by atoms with Crippen LogP contribution in [0.1, 0.15) is 36.0 Å². The molecule has 0 bridgehead atoms. The van der Waals surface area contributed by atoms with Gasteiger partial charge in [-0.15, -0.1) is 0 Å². The van der Waals surface area contributed by atoms with E-state index >= 15 is 0 Å². The molecule has 152 valence electrons. The summed E-state index contributed by atoms with van der Waals surface area (Å²) in [6, 6.07) is 16.0. The van der Waals surface area contributed by atoms with E-state index in [0.29, 0.717) is 19.4 Å². The first-order valence-electron chi connectivity index (χ1n) is 9.83. The van der Waals surface area contributed by atoms with Gasteiger partial charge >= 0.3 is 5.97 Å². The van der Waals surface area contributed by atoms with Crippen LogP contribution >= 0.6 is 0 Å². The number of benzene rings is 2. The van der Waals surface area contributed by atoms with Gasteiger partial charge in [0, 0.05) is 31.8 Å². The predicted octanol–water partition coefficient (Wildman–Crippen LogP) is 2.69. The number of hydrogen-bond acceptors (Lipinski definition) is 3. The molecule has 2 aromatic carbocycles. The average Bonchev–Trinajstić information content (AvgIpc) is 3.03. The number of aliphatic carboxylic acids is 1. The van der Waals surface area contributed by atoms with Crippen molar-refractivity contribution < 1.29 is 19.5 Å². The lowest BCUT2D eigenvalue weighted by Crippen LogP contribution is -2.44. The van der Waals surface area contributed by atoms with Gasteiger partial charge in [0.25, 0.3) is 0 Å². The van der Waals surface area contributed by atoms with E-state index in [1.54, 1.807) is 4.90 Å². The lowest BCUT2D eigenvalue weighted by atomic mass is 10.0. The van der Waals surface area contributed by atoms with Crippen molar-refractivity contribution in [2.45, 2.75) is 51.2 Å². The van der Waals surface area contributed by atoms with Crippen LogP contribution in [-0.4, -0.2) is 39.9 Å². The van der Waals surface area contributed by atoms with Gasteiger partial charge < -0.3 is 15.3 Å². The largest absolute Gasteiger partial charge is 0.480 e. The molecule has 0 saturated carbocycles. The van der Waals surface area contributed by atoms with Gasteiger partial charge in [-0.25, -0.2) is 4.79 Å². The number of carbonyl (C=O) groups is 3. The highest BCUT2D eigenvalue weighted by Crippen LogP contribution is 2.24. The van der Waals surface area contributed by atoms with Crippen LogP contribution in [0.25, 0.3) is 0 Å². The Kier molecular flexibility index (Phi) is 6.65. The van der Waals surface area contributed by atoms with E-state index in [1.807, 2.05) is 61.5 Å². The molecule has 2 atom stereocenters. The number of hydrogen-bond donors (Lipinski definition) is 2. The van der Waals surface area contributed by atoms with Gasteiger partial charge in [0.2, 0.25) is 11.8 Å². The van der Waals surface area contributed by atoms with Crippen LogP contribution in [0.3, 0.4) is 0 Å². The maximum atomic E-state index is 12.5. The molecule has 1 saturated heterocycles. The van der Waals surface area contributed by atoms with Gasteiger partial charge in [0.1, 0.15) is 6.04 Å². The van der Waals surface area contributed by atoms with Crippen LogP contribution in [0, 0.1) is 6.92 Å². The third-order valence-electron chi connectivity index (χ3n) is 5.26. The lowest BCUT2D eigenvalue weighted by molar-refractivity contribution is -0.142. The number of amides is 2. The summed E-state index contributed by atoms with van der Waals surface area (Å²) in [4.78, 5) is 38.2. The number of aryl methyl sites for hydroxylation is 1. The molecule has 1 heterocycles. The summed E-state index contributed by atoms with van der Waals surface area (Å²) < 4.78 is 0. The van der Waals surface area contributed by atoms with Crippen LogP contribution < -0.4 is 5.32 Å². The zero-order chi connectivity index (χ0) is 20.8. The third kappa shape index (κ3) is 5.67. The molecule has 6 heteroatoms. The molecule has 0 aromatic heterocycles. The Morgan fingerprint density at radius 3 is 2.45 bits per heavy atom. The minimum Gasteiger partial charge on any atom is -0.480 e. The van der Waals surface area contributed by atoms with Gasteiger partial charge in [-0.3, -0.25) is 9.59 Å². The van der Waals surface area contributed by atoms with Crippen molar-refractivity contribution in [3.8, 4) is 0 Å². The second kappa shape index (κ2) is 9.37. The summed E-state index contributed by atoms with van der Waals surface area (Å²) in [5, 5.41) is 12.1. The molecule has 3 rings (SSSR count). The zero-order valence-electron chi connectivity index (χ0n) is 16.5. The molecule has 0 aliphatic carbocycles. The fraction of sp³-hybridized carbons (Fsp3) is 0.348. The van der Waals surface area contributed by atoms with Crippen LogP contribution in [0.5, 0.6) is 0 Å². The molecule has 1 fully saturated rings. The molecule has 2 aromatic rings. The van der Waals surface area contributed by atoms with Crippen molar-refractivity contribution in [3.05, 3.63) is 71.3 Å². The zero-order valence-corrected chi connectivity index (χ0v) is 16.5. The summed E-state index contributed by atoms with van der Waals surface area (Å²) in [6.45, 7) is 2.47. The Hall–Kier alpha value is -3.15. The van der Waals surface area contributed by atoms with E-state index in [0.717, 1.165) is 16.7 Å². The summed E-state index contributed by atoms with van der Waals surface area (Å²) in [6.07, 6.45) is 1.35. The Labute approximate surface area is 170 Å². The second-order valence-corrected chi connectivity index (χ2v) is 7.55. The van der Waals surface area contributed by atoms with Gasteiger partial charge in [-0.1, -0.05) is 60.2 Å². The number of carboxylic acid groups (broad SMARTS) is 1. The molecule has 2 amide bonds. The van der Waals surface area contributed by atoms with E-state index in [4.69, 9.17) is 0 Å². The Morgan fingerprint density at radius 2 is 1.79 bits per heavy atom. The van der Waals surface area contributed by atoms with Crippen molar-refractivity contribution in [1.82, 2.24) is 10.2 Å². The molecule has 29 heavy (non-hydrogen) atoms. The lowest BCUT2D eigenvalue weighted by Gasteiger charge is -2.25. The third-order valence-corrected chi connectivity index (χ3v) is 5.26. The normalized spacial score (nSPS) is 17.2. The summed E-state index contributed by atoms with van der Waals surface area (Å²) in [5.41, 5.74) is 3.01. The SMILES string of the molecule is Cc1ccc(CN2C(=O)CC[C@H]2CC(=O)NC(Cc2ccccc2)C(=O)O)cc1. The van der Waals surface area contributed by atoms with Crippen LogP contribution in [0.15, 0.2) is 54.6 Å². The molecule has 0 spiro atoms. The minimum absolute atomic E-state index is 0.0300. The molecular formula is C23H26N2O4. The first kappa shape index (κ1) is 20.6. The highest BCUT2D eigenvalue weighted by Gasteiger charge is 2.33. The Morgan fingerprint density at radius 1 is 1.10 bits per heavy atom. The van der Waals surface area contributed by atoms with E-state index in [9.17, 15) is 19.5 Å². The van der Waals surface area contributed by atoms with Gasteiger partial charge in [-0.05, 0) is 24.5 Å². The number of nitrogens with one attached hydrogen (secondary N) is 1. The van der Waals surface area contributed by atoms with E-state index in [1.165, 1.54) is 0 Å². The second-order valence-electron chi connectivity index (χ2n) is 7.55. The molecule has 1 unspecified atom stereocenters. The first-order valence-corrected chi connectivity index (χ1v) is 9.83. The monoisotopic (exact) mass is 394 g/mol. The van der Waals surface area contributed by atoms with Crippen molar-refractivity contribution in [2.75, 3.05) is 0 Å². The number of likely N-dealkylation sites (tertiary alicyclic amines) is 1. The highest BCUT2D eigenvalue weighted by atomic mass is 16.4. The van der Waals surface area contributed by atoms with E-state index < -0.39 is 12.0 Å². The standard InChI is InChI=1S/C23H26N2O4/c1-16-7-9-18(10-8-16)15-25-19(11-12-22(25)27)14-21(26)24-20(23(28)29)13-17-5-3-2-4-6-17/h2-10,19-20H,11-15H2,1H3,(H,24,26)(H,28,29)/t19-,20?/m0/s1. The maximum Gasteiger partial charge on any atom is 0.326 e. The van der Waals surface area contributed by atoms with Gasteiger partial charge in [-0.2, -0.15) is 0 Å². The predicted molar refractivity (Wildman–Crippen MR) is 109 cm³/mol. The summed E-state index contributed by atoms with van der Waals surface area (Å²) in [7, 11) is 0. The van der Waals surface area contributed by atoms with Crippen molar-refractivity contribution >= 4 is 17.8 Å². The van der Waals surface area contributed by atoms with Crippen LogP contribution in [0.2, 0.25) is 0 Å². The molecule has 1 aliphatic rings. The average molecular weight is 394 g/mol. The van der Waals surface area contributed by atoms with E-state index in [2.05, 4.69) is 5.32 Å². The highest BCUT2D eigenvalue weighted by molar-refractivity contribution is 5.85. The van der Waals surface area contributed by atoms with Crippen LogP contribution in [0.4, 0.5) is 0 Å². The van der Waals surface area contributed by atoms with Crippen molar-refractivity contribution in [1.29, 1.82) is 0 Å². The van der Waals surface area contributed by atoms with Crippen molar-refractivity contribution in [2.24, 2.45) is 0 Å². The Bertz CT molecular complexity index is 864. The molecular weight excluding hydrogens is 368 g/mol. The summed E-state index contributed by atoms with van der Waals surface area (Å²) >= 11 is 0. The quantitative estimate of drug-likeness (QED) is 0.721.